The minimum absolute atomic E-state index is 0.0935. The van der Waals surface area contributed by atoms with Crippen molar-refractivity contribution in [2.24, 2.45) is 0 Å². The summed E-state index contributed by atoms with van der Waals surface area (Å²) in [6.45, 7) is 1.42. The summed E-state index contributed by atoms with van der Waals surface area (Å²) in [5, 5.41) is 5.44. The normalized spacial score (nSPS) is 13.2. The molecule has 0 bridgehead atoms. The van der Waals surface area contributed by atoms with Gasteiger partial charge in [-0.25, -0.2) is 17.5 Å². The topological polar surface area (TPSA) is 97.0 Å². The molecular weight excluding hydrogens is 382 g/mol. The maximum absolute atomic E-state index is 12.4. The molecule has 2 aromatic rings. The van der Waals surface area contributed by atoms with E-state index in [1.807, 2.05) is 18.2 Å². The molecule has 9 heteroatoms. The van der Waals surface area contributed by atoms with Crippen molar-refractivity contribution in [3.63, 3.8) is 0 Å². The van der Waals surface area contributed by atoms with E-state index in [-0.39, 0.29) is 11.4 Å². The van der Waals surface area contributed by atoms with Crippen LogP contribution in [0.4, 0.5) is 4.79 Å². The summed E-state index contributed by atoms with van der Waals surface area (Å²) in [4.78, 5) is 12.3. The summed E-state index contributed by atoms with van der Waals surface area (Å²) in [5.41, 5.74) is 1.39. The third-order valence-electron chi connectivity index (χ3n) is 4.23. The number of hydrogen-bond donors (Lipinski definition) is 2. The van der Waals surface area contributed by atoms with Gasteiger partial charge in [0, 0.05) is 27.2 Å². The molecule has 0 saturated carbocycles. The predicted molar refractivity (Wildman–Crippen MR) is 104 cm³/mol. The average Bonchev–Trinajstić information content (AvgIpc) is 2.70. The monoisotopic (exact) mass is 405 g/mol. The molecule has 2 amide bonds. The van der Waals surface area contributed by atoms with Crippen molar-refractivity contribution in [1.29, 1.82) is 0 Å². The van der Waals surface area contributed by atoms with Gasteiger partial charge in [0.1, 0.15) is 13.2 Å². The molecule has 0 aromatic heterocycles. The average molecular weight is 405 g/mol. The lowest BCUT2D eigenvalue weighted by Crippen LogP contribution is -2.35. The fourth-order valence-corrected chi connectivity index (χ4v) is 3.83. The highest BCUT2D eigenvalue weighted by Crippen LogP contribution is 2.30. The molecule has 1 aliphatic heterocycles. The minimum atomic E-state index is -3.58. The summed E-state index contributed by atoms with van der Waals surface area (Å²) < 4.78 is 36.9. The van der Waals surface area contributed by atoms with Crippen LogP contribution >= 0.6 is 0 Å². The van der Waals surface area contributed by atoms with E-state index >= 15 is 0 Å². The Morgan fingerprint density at radius 3 is 2.43 bits per heavy atom. The first kappa shape index (κ1) is 20.0. The number of nitrogens with zero attached hydrogens (tertiary/aromatic N) is 1. The van der Waals surface area contributed by atoms with E-state index in [0.29, 0.717) is 36.8 Å². The molecule has 8 nitrogen and oxygen atoms in total. The molecule has 1 heterocycles. The third kappa shape index (κ3) is 4.55. The largest absolute Gasteiger partial charge is 0.486 e. The molecule has 1 aliphatic rings. The van der Waals surface area contributed by atoms with Crippen LogP contribution in [0.3, 0.4) is 0 Å². The molecule has 0 fully saturated rings. The quantitative estimate of drug-likeness (QED) is 0.763. The van der Waals surface area contributed by atoms with Crippen molar-refractivity contribution in [3.8, 4) is 11.5 Å². The molecule has 2 aromatic carbocycles. The van der Waals surface area contributed by atoms with Gasteiger partial charge in [0.15, 0.2) is 11.5 Å². The Hall–Kier alpha value is -2.78. The SMILES string of the molecule is CN(C)S(=O)(=O)c1ccccc1CNC(=O)NCc1ccc2c(c1)OCCO2. The number of amides is 2. The second-order valence-corrected chi connectivity index (χ2v) is 8.53. The molecule has 0 radical (unpaired) electrons. The summed E-state index contributed by atoms with van der Waals surface area (Å²) in [5.74, 6) is 1.35. The van der Waals surface area contributed by atoms with Crippen molar-refractivity contribution < 1.29 is 22.7 Å². The zero-order valence-corrected chi connectivity index (χ0v) is 16.6. The van der Waals surface area contributed by atoms with E-state index in [0.717, 1.165) is 9.87 Å². The fraction of sp³-hybridized carbons (Fsp3) is 0.316. The summed E-state index contributed by atoms with van der Waals surface area (Å²) >= 11 is 0. The number of carbonyl (C=O) groups excluding carboxylic acids is 1. The Morgan fingerprint density at radius 1 is 1.00 bits per heavy atom. The van der Waals surface area contributed by atoms with E-state index in [9.17, 15) is 13.2 Å². The number of rotatable bonds is 6. The molecule has 28 heavy (non-hydrogen) atoms. The van der Waals surface area contributed by atoms with Crippen LogP contribution in [0.15, 0.2) is 47.4 Å². The Morgan fingerprint density at radius 2 is 1.68 bits per heavy atom. The molecule has 3 rings (SSSR count). The maximum atomic E-state index is 12.4. The molecule has 0 unspecified atom stereocenters. The van der Waals surface area contributed by atoms with Crippen LogP contribution in [0.1, 0.15) is 11.1 Å². The van der Waals surface area contributed by atoms with Crippen molar-refractivity contribution in [2.75, 3.05) is 27.3 Å². The number of nitrogens with one attached hydrogen (secondary N) is 2. The van der Waals surface area contributed by atoms with Crippen LogP contribution in [0.25, 0.3) is 0 Å². The van der Waals surface area contributed by atoms with Gasteiger partial charge in [0.2, 0.25) is 10.0 Å². The molecular formula is C19H23N3O5S. The van der Waals surface area contributed by atoms with Crippen LogP contribution < -0.4 is 20.1 Å². The Labute approximate surface area is 164 Å². The van der Waals surface area contributed by atoms with Crippen molar-refractivity contribution in [1.82, 2.24) is 14.9 Å². The third-order valence-corrected chi connectivity index (χ3v) is 6.15. The zero-order valence-electron chi connectivity index (χ0n) is 15.8. The standard InChI is InChI=1S/C19H23N3O5S/c1-22(2)28(24,25)18-6-4-3-5-15(18)13-21-19(23)20-12-14-7-8-16-17(11-14)27-10-9-26-16/h3-8,11H,9-10,12-13H2,1-2H3,(H2,20,21,23). The molecule has 0 saturated heterocycles. The number of fused-ring (bicyclic) bond motifs is 1. The van der Waals surface area contributed by atoms with Gasteiger partial charge in [0.05, 0.1) is 4.90 Å². The molecule has 0 spiro atoms. The molecule has 0 atom stereocenters. The summed E-state index contributed by atoms with van der Waals surface area (Å²) in [6, 6.07) is 11.7. The number of benzene rings is 2. The fourth-order valence-electron chi connectivity index (χ4n) is 2.72. The smallest absolute Gasteiger partial charge is 0.315 e. The van der Waals surface area contributed by atoms with Crippen molar-refractivity contribution >= 4 is 16.1 Å². The highest BCUT2D eigenvalue weighted by Gasteiger charge is 2.20. The van der Waals surface area contributed by atoms with Gasteiger partial charge in [-0.2, -0.15) is 0 Å². The van der Waals surface area contributed by atoms with E-state index in [4.69, 9.17) is 9.47 Å². The number of urea groups is 1. The van der Waals surface area contributed by atoms with Crippen LogP contribution in [0, 0.1) is 0 Å². The van der Waals surface area contributed by atoms with E-state index in [2.05, 4.69) is 10.6 Å². The Kier molecular flexibility index (Phi) is 6.05. The second kappa shape index (κ2) is 8.49. The number of carbonyl (C=O) groups is 1. The highest BCUT2D eigenvalue weighted by molar-refractivity contribution is 7.89. The Bertz CT molecular complexity index is 960. The second-order valence-electron chi connectivity index (χ2n) is 6.41. The maximum Gasteiger partial charge on any atom is 0.315 e. The number of sulfonamides is 1. The number of ether oxygens (including phenoxy) is 2. The van der Waals surface area contributed by atoms with E-state index in [1.165, 1.54) is 20.2 Å². The minimum Gasteiger partial charge on any atom is -0.486 e. The molecule has 150 valence electrons. The van der Waals surface area contributed by atoms with Gasteiger partial charge in [-0.05, 0) is 29.3 Å². The summed E-state index contributed by atoms with van der Waals surface area (Å²) in [7, 11) is -0.640. The molecule has 2 N–H and O–H groups in total. The van der Waals surface area contributed by atoms with Gasteiger partial charge < -0.3 is 20.1 Å². The highest BCUT2D eigenvalue weighted by atomic mass is 32.2. The van der Waals surface area contributed by atoms with Gasteiger partial charge >= 0.3 is 6.03 Å². The zero-order chi connectivity index (χ0) is 20.1. The van der Waals surface area contributed by atoms with Crippen molar-refractivity contribution in [2.45, 2.75) is 18.0 Å². The van der Waals surface area contributed by atoms with E-state index in [1.54, 1.807) is 18.2 Å². The lowest BCUT2D eigenvalue weighted by Gasteiger charge is -2.19. The van der Waals surface area contributed by atoms with Crippen molar-refractivity contribution in [3.05, 3.63) is 53.6 Å². The first-order valence-electron chi connectivity index (χ1n) is 8.78. The summed E-state index contributed by atoms with van der Waals surface area (Å²) in [6.07, 6.45) is 0. The van der Waals surface area contributed by atoms with Gasteiger partial charge in [-0.3, -0.25) is 0 Å². The van der Waals surface area contributed by atoms with Gasteiger partial charge in [-0.1, -0.05) is 24.3 Å². The first-order valence-corrected chi connectivity index (χ1v) is 10.2. The van der Waals surface area contributed by atoms with Crippen LogP contribution in [-0.4, -0.2) is 46.1 Å². The van der Waals surface area contributed by atoms with Gasteiger partial charge in [0.25, 0.3) is 0 Å². The van der Waals surface area contributed by atoms with Crippen LogP contribution in [-0.2, 0) is 23.1 Å². The van der Waals surface area contributed by atoms with E-state index < -0.39 is 16.1 Å². The lowest BCUT2D eigenvalue weighted by atomic mass is 10.2. The van der Waals surface area contributed by atoms with Gasteiger partial charge in [-0.15, -0.1) is 0 Å². The molecule has 0 aliphatic carbocycles. The van der Waals surface area contributed by atoms with Crippen LogP contribution in [0.5, 0.6) is 11.5 Å². The number of hydrogen-bond acceptors (Lipinski definition) is 5. The first-order chi connectivity index (χ1) is 13.4. The van der Waals surface area contributed by atoms with Crippen LogP contribution in [0.2, 0.25) is 0 Å². The Balaban J connectivity index is 1.58. The predicted octanol–water partition coefficient (Wildman–Crippen LogP) is 1.71. The lowest BCUT2D eigenvalue weighted by molar-refractivity contribution is 0.171.